The minimum absolute atomic E-state index is 0.0336. The van der Waals surface area contributed by atoms with Crippen LogP contribution in [0.5, 0.6) is 0 Å². The van der Waals surface area contributed by atoms with Gasteiger partial charge in [-0.25, -0.2) is 8.78 Å². The Kier molecular flexibility index (Phi) is 2.02. The molecule has 0 heterocycles. The van der Waals surface area contributed by atoms with Crippen molar-refractivity contribution in [2.75, 3.05) is 0 Å². The van der Waals surface area contributed by atoms with Crippen LogP contribution in [0.3, 0.4) is 0 Å². The highest BCUT2D eigenvalue weighted by Crippen LogP contribution is 2.51. The lowest BCUT2D eigenvalue weighted by Crippen LogP contribution is -1.93. The van der Waals surface area contributed by atoms with Crippen molar-refractivity contribution in [2.24, 2.45) is 5.92 Å². The zero-order valence-electron chi connectivity index (χ0n) is 5.65. The average Bonchev–Trinajstić information content (AvgIpc) is 2.41. The molecule has 1 nitrogen and oxygen atoms in total. The summed E-state index contributed by atoms with van der Waals surface area (Å²) < 4.78 is 24.3. The molecule has 1 rings (SSSR count). The van der Waals surface area contributed by atoms with Crippen molar-refractivity contribution in [3.63, 3.8) is 0 Å². The van der Waals surface area contributed by atoms with E-state index in [1.54, 1.807) is 0 Å². The highest BCUT2D eigenvalue weighted by molar-refractivity contribution is 5.48. The molecule has 0 aromatic rings. The van der Waals surface area contributed by atoms with Gasteiger partial charge in [0, 0.05) is 18.8 Å². The van der Waals surface area contributed by atoms with Crippen molar-refractivity contribution in [2.45, 2.75) is 31.6 Å². The van der Waals surface area contributed by atoms with Crippen molar-refractivity contribution >= 4 is 6.29 Å². The fraction of sp³-hybridized carbons (Fsp3) is 0.857. The predicted molar refractivity (Wildman–Crippen MR) is 33.0 cm³/mol. The monoisotopic (exact) mass is 148 g/mol. The minimum Gasteiger partial charge on any atom is -0.303 e. The molecule has 0 N–H and O–H groups in total. The minimum atomic E-state index is -2.40. The SMILES string of the molecule is O=CCCCC1CC1(F)F. The summed E-state index contributed by atoms with van der Waals surface area (Å²) in [6.45, 7) is 0. The Bertz CT molecular complexity index is 134. The molecule has 10 heavy (non-hydrogen) atoms. The summed E-state index contributed by atoms with van der Waals surface area (Å²) >= 11 is 0. The third kappa shape index (κ3) is 1.75. The maximum absolute atomic E-state index is 12.1. The van der Waals surface area contributed by atoms with Gasteiger partial charge in [0.15, 0.2) is 0 Å². The molecule has 1 atom stereocenters. The third-order valence-electron chi connectivity index (χ3n) is 1.83. The normalized spacial score (nSPS) is 28.0. The van der Waals surface area contributed by atoms with Crippen LogP contribution in [-0.2, 0) is 4.79 Å². The van der Waals surface area contributed by atoms with E-state index in [1.165, 1.54) is 0 Å². The summed E-state index contributed by atoms with van der Waals surface area (Å²) in [5, 5.41) is 0. The lowest BCUT2D eigenvalue weighted by atomic mass is 10.2. The number of alkyl halides is 2. The molecule has 0 saturated heterocycles. The quantitative estimate of drug-likeness (QED) is 0.440. The topological polar surface area (TPSA) is 17.1 Å². The Hall–Kier alpha value is -0.470. The standard InChI is InChI=1S/C7H10F2O/c8-7(9)5-6(7)3-1-2-4-10/h4,6H,1-3,5H2. The fourth-order valence-electron chi connectivity index (χ4n) is 1.03. The summed E-state index contributed by atoms with van der Waals surface area (Å²) in [6.07, 6.45) is 2.36. The second kappa shape index (κ2) is 2.64. The van der Waals surface area contributed by atoms with Crippen molar-refractivity contribution in [1.82, 2.24) is 0 Å². The fourth-order valence-corrected chi connectivity index (χ4v) is 1.03. The van der Waals surface area contributed by atoms with Gasteiger partial charge < -0.3 is 4.79 Å². The van der Waals surface area contributed by atoms with E-state index in [0.717, 1.165) is 6.29 Å². The number of carbonyl (C=O) groups excluding carboxylic acids is 1. The molecule has 0 bridgehead atoms. The van der Waals surface area contributed by atoms with E-state index in [9.17, 15) is 13.6 Å². The van der Waals surface area contributed by atoms with Gasteiger partial charge in [0.2, 0.25) is 0 Å². The Balaban J connectivity index is 2.02. The Morgan fingerprint density at radius 3 is 2.60 bits per heavy atom. The van der Waals surface area contributed by atoms with Gasteiger partial charge in [-0.2, -0.15) is 0 Å². The second-order valence-electron chi connectivity index (χ2n) is 2.76. The smallest absolute Gasteiger partial charge is 0.251 e. The molecular formula is C7H10F2O. The van der Waals surface area contributed by atoms with Crippen LogP contribution in [0.2, 0.25) is 0 Å². The second-order valence-corrected chi connectivity index (χ2v) is 2.76. The largest absolute Gasteiger partial charge is 0.303 e. The van der Waals surface area contributed by atoms with Gasteiger partial charge >= 0.3 is 0 Å². The highest BCUT2D eigenvalue weighted by Gasteiger charge is 2.55. The van der Waals surface area contributed by atoms with E-state index in [4.69, 9.17) is 0 Å². The Labute approximate surface area is 58.4 Å². The van der Waals surface area contributed by atoms with Crippen LogP contribution in [0.4, 0.5) is 8.78 Å². The van der Waals surface area contributed by atoms with Crippen LogP contribution in [0, 0.1) is 5.92 Å². The molecule has 1 unspecified atom stereocenters. The van der Waals surface area contributed by atoms with Crippen molar-refractivity contribution < 1.29 is 13.6 Å². The zero-order valence-corrected chi connectivity index (χ0v) is 5.65. The number of rotatable bonds is 4. The first-order valence-electron chi connectivity index (χ1n) is 3.48. The van der Waals surface area contributed by atoms with Gasteiger partial charge in [-0.3, -0.25) is 0 Å². The lowest BCUT2D eigenvalue weighted by molar-refractivity contribution is -0.108. The van der Waals surface area contributed by atoms with E-state index in [0.29, 0.717) is 19.3 Å². The molecule has 1 aliphatic carbocycles. The van der Waals surface area contributed by atoms with Gasteiger partial charge in [0.1, 0.15) is 6.29 Å². The van der Waals surface area contributed by atoms with Crippen LogP contribution in [0.25, 0.3) is 0 Å². The van der Waals surface area contributed by atoms with Gasteiger partial charge in [-0.1, -0.05) is 0 Å². The van der Waals surface area contributed by atoms with E-state index in [2.05, 4.69) is 0 Å². The summed E-state index contributed by atoms with van der Waals surface area (Å²) in [6, 6.07) is 0. The van der Waals surface area contributed by atoms with Gasteiger partial charge in [-0.15, -0.1) is 0 Å². The van der Waals surface area contributed by atoms with Crippen molar-refractivity contribution in [3.05, 3.63) is 0 Å². The van der Waals surface area contributed by atoms with E-state index in [1.807, 2.05) is 0 Å². The molecule has 0 aliphatic heterocycles. The first-order valence-corrected chi connectivity index (χ1v) is 3.48. The van der Waals surface area contributed by atoms with Crippen LogP contribution in [0.15, 0.2) is 0 Å². The molecular weight excluding hydrogens is 138 g/mol. The third-order valence-corrected chi connectivity index (χ3v) is 1.83. The molecule has 0 amide bonds. The van der Waals surface area contributed by atoms with Crippen LogP contribution in [0.1, 0.15) is 25.7 Å². The lowest BCUT2D eigenvalue weighted by Gasteiger charge is -1.93. The molecule has 1 saturated carbocycles. The number of halogens is 2. The first-order chi connectivity index (χ1) is 4.67. The van der Waals surface area contributed by atoms with Crippen LogP contribution >= 0.6 is 0 Å². The maximum Gasteiger partial charge on any atom is 0.251 e. The van der Waals surface area contributed by atoms with E-state index in [-0.39, 0.29) is 6.42 Å². The molecule has 1 aliphatic rings. The Morgan fingerprint density at radius 2 is 2.20 bits per heavy atom. The highest BCUT2D eigenvalue weighted by atomic mass is 19.3. The van der Waals surface area contributed by atoms with Crippen LogP contribution < -0.4 is 0 Å². The Morgan fingerprint density at radius 1 is 1.60 bits per heavy atom. The van der Waals surface area contributed by atoms with Gasteiger partial charge in [0.25, 0.3) is 5.92 Å². The molecule has 58 valence electrons. The first kappa shape index (κ1) is 7.63. The number of carbonyl (C=O) groups is 1. The van der Waals surface area contributed by atoms with Crippen LogP contribution in [-0.4, -0.2) is 12.2 Å². The number of hydrogen-bond acceptors (Lipinski definition) is 1. The molecule has 3 heteroatoms. The number of hydrogen-bond donors (Lipinski definition) is 0. The number of aldehydes is 1. The number of unbranched alkanes of at least 4 members (excludes halogenated alkanes) is 1. The van der Waals surface area contributed by atoms with Gasteiger partial charge in [-0.05, 0) is 12.8 Å². The molecule has 0 aromatic carbocycles. The predicted octanol–water partition coefficient (Wildman–Crippen LogP) is 2.01. The summed E-state index contributed by atoms with van der Waals surface area (Å²) in [4.78, 5) is 9.78. The van der Waals surface area contributed by atoms with E-state index < -0.39 is 11.8 Å². The molecule has 0 aromatic heterocycles. The van der Waals surface area contributed by atoms with Crippen molar-refractivity contribution in [1.29, 1.82) is 0 Å². The van der Waals surface area contributed by atoms with Gasteiger partial charge in [0.05, 0.1) is 0 Å². The molecule has 1 fully saturated rings. The zero-order chi connectivity index (χ0) is 7.61. The molecule has 0 spiro atoms. The van der Waals surface area contributed by atoms with E-state index >= 15 is 0 Å². The average molecular weight is 148 g/mol. The maximum atomic E-state index is 12.1. The van der Waals surface area contributed by atoms with Crippen molar-refractivity contribution in [3.8, 4) is 0 Å². The summed E-state index contributed by atoms with van der Waals surface area (Å²) in [7, 11) is 0. The summed E-state index contributed by atoms with van der Waals surface area (Å²) in [5.41, 5.74) is 0. The molecule has 0 radical (unpaired) electrons. The summed E-state index contributed by atoms with van der Waals surface area (Å²) in [5.74, 6) is -2.82.